The summed E-state index contributed by atoms with van der Waals surface area (Å²) >= 11 is 0. The minimum absolute atomic E-state index is 0.00491. The van der Waals surface area contributed by atoms with Crippen LogP contribution in [-0.2, 0) is 22.4 Å². The standard InChI is InChI=1S/C8H6N2O3/c11-6-1-4-5(2-7(6)12)10-8(13)3-9-4/h3H,1-2H2,(H,10,13). The van der Waals surface area contributed by atoms with E-state index in [-0.39, 0.29) is 18.4 Å². The van der Waals surface area contributed by atoms with Gasteiger partial charge in [0.2, 0.25) is 11.6 Å². The summed E-state index contributed by atoms with van der Waals surface area (Å²) in [6.45, 7) is 0. The van der Waals surface area contributed by atoms with Crippen LogP contribution in [0.2, 0.25) is 0 Å². The van der Waals surface area contributed by atoms with Gasteiger partial charge in [0.25, 0.3) is 5.56 Å². The number of nitrogens with one attached hydrogen (secondary N) is 1. The molecule has 0 saturated carbocycles. The third-order valence-electron chi connectivity index (χ3n) is 1.94. The number of aromatic nitrogens is 2. The van der Waals surface area contributed by atoms with Crippen molar-refractivity contribution in [2.75, 3.05) is 0 Å². The third kappa shape index (κ3) is 1.28. The lowest BCUT2D eigenvalue weighted by Crippen LogP contribution is -2.29. The molecule has 0 bridgehead atoms. The number of Topliss-reactive ketones (excluding diaryl/α,β-unsaturated/α-hetero) is 2. The molecular weight excluding hydrogens is 172 g/mol. The predicted molar refractivity (Wildman–Crippen MR) is 42.3 cm³/mol. The van der Waals surface area contributed by atoms with Crippen LogP contribution in [0.5, 0.6) is 0 Å². The van der Waals surface area contributed by atoms with Crippen molar-refractivity contribution in [1.82, 2.24) is 9.97 Å². The van der Waals surface area contributed by atoms with E-state index in [1.807, 2.05) is 0 Å². The number of nitrogens with zero attached hydrogens (tertiary/aromatic N) is 1. The quantitative estimate of drug-likeness (QED) is 0.517. The molecule has 13 heavy (non-hydrogen) atoms. The van der Waals surface area contributed by atoms with Gasteiger partial charge < -0.3 is 4.98 Å². The van der Waals surface area contributed by atoms with Crippen molar-refractivity contribution in [1.29, 1.82) is 0 Å². The Morgan fingerprint density at radius 2 is 1.85 bits per heavy atom. The lowest BCUT2D eigenvalue weighted by atomic mass is 9.98. The van der Waals surface area contributed by atoms with Crippen molar-refractivity contribution in [3.63, 3.8) is 0 Å². The molecule has 2 rings (SSSR count). The molecule has 0 atom stereocenters. The summed E-state index contributed by atoms with van der Waals surface area (Å²) in [7, 11) is 0. The molecule has 0 radical (unpaired) electrons. The highest BCUT2D eigenvalue weighted by Gasteiger charge is 2.24. The van der Waals surface area contributed by atoms with Gasteiger partial charge >= 0.3 is 0 Å². The van der Waals surface area contributed by atoms with Crippen LogP contribution in [-0.4, -0.2) is 21.5 Å². The SMILES string of the molecule is O=C1Cc2ncc(=O)[nH]c2CC1=O. The molecule has 0 amide bonds. The van der Waals surface area contributed by atoms with E-state index >= 15 is 0 Å². The summed E-state index contributed by atoms with van der Waals surface area (Å²) in [5, 5.41) is 0. The Kier molecular flexibility index (Phi) is 1.58. The molecular formula is C8H6N2O3. The van der Waals surface area contributed by atoms with Crippen LogP contribution in [0.1, 0.15) is 11.4 Å². The molecule has 0 spiro atoms. The molecule has 0 fully saturated rings. The van der Waals surface area contributed by atoms with E-state index in [1.54, 1.807) is 0 Å². The van der Waals surface area contributed by atoms with Crippen LogP contribution in [0.3, 0.4) is 0 Å². The van der Waals surface area contributed by atoms with Gasteiger partial charge in [0.05, 0.1) is 24.7 Å². The maximum atomic E-state index is 11.0. The highest BCUT2D eigenvalue weighted by atomic mass is 16.2. The van der Waals surface area contributed by atoms with E-state index in [2.05, 4.69) is 9.97 Å². The summed E-state index contributed by atoms with van der Waals surface area (Å²) in [6.07, 6.45) is 1.09. The fraction of sp³-hybridized carbons (Fsp3) is 0.250. The summed E-state index contributed by atoms with van der Waals surface area (Å²) < 4.78 is 0. The Balaban J connectivity index is 2.54. The number of carbonyl (C=O) groups excluding carboxylic acids is 2. The zero-order chi connectivity index (χ0) is 9.42. The Bertz CT molecular complexity index is 447. The first-order chi connectivity index (χ1) is 6.16. The van der Waals surface area contributed by atoms with Gasteiger partial charge in [-0.05, 0) is 0 Å². The lowest BCUT2D eigenvalue weighted by molar-refractivity contribution is -0.136. The third-order valence-corrected chi connectivity index (χ3v) is 1.94. The molecule has 1 aromatic heterocycles. The van der Waals surface area contributed by atoms with Gasteiger partial charge in [-0.2, -0.15) is 0 Å². The fourth-order valence-corrected chi connectivity index (χ4v) is 1.28. The van der Waals surface area contributed by atoms with Crippen molar-refractivity contribution in [3.8, 4) is 0 Å². The molecule has 5 heteroatoms. The number of fused-ring (bicyclic) bond motifs is 1. The Hall–Kier alpha value is -1.78. The van der Waals surface area contributed by atoms with Crippen LogP contribution >= 0.6 is 0 Å². The molecule has 66 valence electrons. The van der Waals surface area contributed by atoms with E-state index in [4.69, 9.17) is 0 Å². The molecule has 0 unspecified atom stereocenters. The van der Waals surface area contributed by atoms with Crippen molar-refractivity contribution in [2.24, 2.45) is 0 Å². The average Bonchev–Trinajstić information content (AvgIpc) is 2.08. The first-order valence-corrected chi connectivity index (χ1v) is 3.80. The van der Waals surface area contributed by atoms with Crippen LogP contribution in [0.15, 0.2) is 11.0 Å². The van der Waals surface area contributed by atoms with E-state index < -0.39 is 11.6 Å². The van der Waals surface area contributed by atoms with E-state index in [9.17, 15) is 14.4 Å². The summed E-state index contributed by atoms with van der Waals surface area (Å²) in [5.41, 5.74) is 0.627. The monoisotopic (exact) mass is 178 g/mol. The number of carbonyl (C=O) groups is 2. The maximum Gasteiger partial charge on any atom is 0.266 e. The highest BCUT2D eigenvalue weighted by Crippen LogP contribution is 2.09. The van der Waals surface area contributed by atoms with E-state index in [0.29, 0.717) is 11.4 Å². The lowest BCUT2D eigenvalue weighted by Gasteiger charge is -2.10. The minimum atomic E-state index is -0.462. The van der Waals surface area contributed by atoms with Crippen LogP contribution in [0, 0.1) is 0 Å². The molecule has 1 N–H and O–H groups in total. The minimum Gasteiger partial charge on any atom is -0.323 e. The average molecular weight is 178 g/mol. The number of ketones is 2. The fourth-order valence-electron chi connectivity index (χ4n) is 1.28. The Morgan fingerprint density at radius 1 is 1.15 bits per heavy atom. The van der Waals surface area contributed by atoms with Crippen LogP contribution < -0.4 is 5.56 Å². The first kappa shape index (κ1) is 7.85. The zero-order valence-corrected chi connectivity index (χ0v) is 6.66. The second kappa shape index (κ2) is 2.62. The van der Waals surface area contributed by atoms with Gasteiger partial charge in [-0.25, -0.2) is 0 Å². The van der Waals surface area contributed by atoms with Crippen LogP contribution in [0.25, 0.3) is 0 Å². The molecule has 1 aliphatic rings. The van der Waals surface area contributed by atoms with Crippen molar-refractivity contribution >= 4 is 11.6 Å². The summed E-state index contributed by atoms with van der Waals surface area (Å²) in [6, 6.07) is 0. The smallest absolute Gasteiger partial charge is 0.266 e. The van der Waals surface area contributed by atoms with Crippen molar-refractivity contribution in [2.45, 2.75) is 12.8 Å². The van der Waals surface area contributed by atoms with Gasteiger partial charge in [-0.3, -0.25) is 19.4 Å². The topological polar surface area (TPSA) is 79.9 Å². The maximum absolute atomic E-state index is 11.0. The molecule has 1 heterocycles. The van der Waals surface area contributed by atoms with Gasteiger partial charge in [0.15, 0.2) is 0 Å². The van der Waals surface area contributed by atoms with Gasteiger partial charge in [-0.1, -0.05) is 0 Å². The second-order valence-corrected chi connectivity index (χ2v) is 2.87. The number of aromatic amines is 1. The summed E-state index contributed by atoms with van der Waals surface area (Å²) in [4.78, 5) is 39.0. The first-order valence-electron chi connectivity index (χ1n) is 3.80. The van der Waals surface area contributed by atoms with Gasteiger partial charge in [-0.15, -0.1) is 0 Å². The number of H-pyrrole nitrogens is 1. The number of hydrogen-bond donors (Lipinski definition) is 1. The molecule has 1 aliphatic carbocycles. The van der Waals surface area contributed by atoms with Crippen LogP contribution in [0.4, 0.5) is 0 Å². The molecule has 0 aliphatic heterocycles. The Morgan fingerprint density at radius 3 is 2.62 bits per heavy atom. The van der Waals surface area contributed by atoms with E-state index in [1.165, 1.54) is 0 Å². The summed E-state index contributed by atoms with van der Waals surface area (Å²) in [5.74, 6) is -0.900. The zero-order valence-electron chi connectivity index (χ0n) is 6.66. The molecule has 0 aromatic carbocycles. The Labute approximate surface area is 72.8 Å². The number of rotatable bonds is 0. The molecule has 0 saturated heterocycles. The highest BCUT2D eigenvalue weighted by molar-refractivity contribution is 6.38. The van der Waals surface area contributed by atoms with E-state index in [0.717, 1.165) is 6.20 Å². The van der Waals surface area contributed by atoms with Gasteiger partial charge in [0.1, 0.15) is 0 Å². The van der Waals surface area contributed by atoms with Gasteiger partial charge in [0, 0.05) is 5.69 Å². The molecule has 1 aromatic rings. The number of hydrogen-bond acceptors (Lipinski definition) is 4. The van der Waals surface area contributed by atoms with Crippen molar-refractivity contribution in [3.05, 3.63) is 27.9 Å². The largest absolute Gasteiger partial charge is 0.323 e. The molecule has 5 nitrogen and oxygen atoms in total. The van der Waals surface area contributed by atoms with Crippen molar-refractivity contribution < 1.29 is 9.59 Å². The second-order valence-electron chi connectivity index (χ2n) is 2.87. The normalized spacial score (nSPS) is 15.7. The predicted octanol–water partition coefficient (Wildman–Crippen LogP) is -0.993.